The quantitative estimate of drug-likeness (QED) is 0.344. The number of benzene rings is 2. The van der Waals surface area contributed by atoms with Crippen molar-refractivity contribution in [1.29, 1.82) is 0 Å². The van der Waals surface area contributed by atoms with Crippen molar-refractivity contribution in [2.24, 2.45) is 5.41 Å². The summed E-state index contributed by atoms with van der Waals surface area (Å²) in [6.07, 6.45) is 8.85. The van der Waals surface area contributed by atoms with Crippen molar-refractivity contribution < 1.29 is 18.4 Å². The Morgan fingerprint density at radius 3 is 2.50 bits per heavy atom. The van der Waals surface area contributed by atoms with Gasteiger partial charge >= 0.3 is 0 Å². The van der Waals surface area contributed by atoms with E-state index in [0.29, 0.717) is 23.2 Å². The van der Waals surface area contributed by atoms with Crippen LogP contribution in [0.15, 0.2) is 48.7 Å². The predicted octanol–water partition coefficient (Wildman–Crippen LogP) is 6.22. The number of hydrogen-bond acceptors (Lipinski definition) is 4. The highest BCUT2D eigenvalue weighted by molar-refractivity contribution is 6.33. The maximum Gasteiger partial charge on any atom is 0.272 e. The number of carbonyl (C=O) groups is 2. The molecule has 2 aromatic carbocycles. The van der Waals surface area contributed by atoms with Crippen LogP contribution in [-0.4, -0.2) is 64.7 Å². The minimum Gasteiger partial charge on any atom is -0.381 e. The zero-order valence-corrected chi connectivity index (χ0v) is 23.3. The van der Waals surface area contributed by atoms with Gasteiger partial charge in [0.1, 0.15) is 6.54 Å². The smallest absolute Gasteiger partial charge is 0.272 e. The molecule has 6 nitrogen and oxygen atoms in total. The Kier molecular flexibility index (Phi) is 7.34. The normalized spacial score (nSPS) is 20.9. The minimum atomic E-state index is -2.50. The van der Waals surface area contributed by atoms with Crippen LogP contribution in [0.3, 0.4) is 0 Å². The molecule has 3 fully saturated rings. The van der Waals surface area contributed by atoms with Crippen LogP contribution in [0.2, 0.25) is 5.02 Å². The van der Waals surface area contributed by atoms with E-state index >= 15 is 0 Å². The number of carbonyl (C=O) groups excluding carboxylic acids is 2. The van der Waals surface area contributed by atoms with E-state index in [1.165, 1.54) is 0 Å². The number of alkyl halides is 2. The first-order valence-electron chi connectivity index (χ1n) is 14.2. The molecule has 6 rings (SSSR count). The maximum absolute atomic E-state index is 13.3. The summed E-state index contributed by atoms with van der Waals surface area (Å²) in [6, 6.07) is 13.8. The molecule has 0 bridgehead atoms. The molecular weight excluding hydrogens is 534 g/mol. The van der Waals surface area contributed by atoms with Crippen LogP contribution < -0.4 is 5.32 Å². The average Bonchev–Trinajstić information content (AvgIpc) is 3.33. The van der Waals surface area contributed by atoms with E-state index in [4.69, 9.17) is 11.6 Å². The zero-order valence-electron chi connectivity index (χ0n) is 22.6. The lowest BCUT2D eigenvalue weighted by molar-refractivity contribution is -0.154. The van der Waals surface area contributed by atoms with Crippen LogP contribution in [0.1, 0.15) is 54.4 Å². The van der Waals surface area contributed by atoms with Crippen LogP contribution >= 0.6 is 11.6 Å². The molecule has 1 aromatic heterocycles. The van der Waals surface area contributed by atoms with E-state index in [-0.39, 0.29) is 31.0 Å². The standard InChI is InChI=1S/C31H35ClF2N4O2/c32-27-3-1-2-23(26(27)19-39)17-35-24-5-4-22-8-13-37(28(22)16-24)18-29(40)36-14-11-30(12-15-36)9-6-25(7-10-30)38-20-31(33,34)21-38/h1-5,8,13,16,19,25,35H,6-7,9-12,14-15,17-18,20-21H2. The van der Waals surface area contributed by atoms with Gasteiger partial charge in [0.05, 0.1) is 23.6 Å². The van der Waals surface area contributed by atoms with Gasteiger partial charge in [-0.05, 0) is 79.2 Å². The number of nitrogens with one attached hydrogen (secondary N) is 1. The average molecular weight is 569 g/mol. The lowest BCUT2D eigenvalue weighted by Gasteiger charge is -2.51. The summed E-state index contributed by atoms with van der Waals surface area (Å²) in [6.45, 7) is 2.10. The van der Waals surface area contributed by atoms with Gasteiger partial charge in [0.2, 0.25) is 5.91 Å². The fourth-order valence-corrected chi connectivity index (χ4v) is 7.10. The van der Waals surface area contributed by atoms with Gasteiger partial charge in [-0.1, -0.05) is 29.8 Å². The molecule has 1 N–H and O–H groups in total. The van der Waals surface area contributed by atoms with E-state index in [2.05, 4.69) is 5.32 Å². The van der Waals surface area contributed by atoms with Crippen molar-refractivity contribution in [3.05, 3.63) is 64.8 Å². The van der Waals surface area contributed by atoms with Crippen molar-refractivity contribution in [2.75, 3.05) is 31.5 Å². The first-order chi connectivity index (χ1) is 19.2. The van der Waals surface area contributed by atoms with Crippen LogP contribution in [0, 0.1) is 5.41 Å². The molecule has 0 unspecified atom stereocenters. The molecule has 0 atom stereocenters. The molecule has 3 aliphatic rings. The monoisotopic (exact) mass is 568 g/mol. The number of likely N-dealkylation sites (tertiary alicyclic amines) is 2. The summed E-state index contributed by atoms with van der Waals surface area (Å²) in [5.74, 6) is -2.38. The summed E-state index contributed by atoms with van der Waals surface area (Å²) >= 11 is 6.16. The number of fused-ring (bicyclic) bond motifs is 1. The number of aldehydes is 1. The fourth-order valence-electron chi connectivity index (χ4n) is 6.86. The molecule has 9 heteroatoms. The number of anilines is 1. The van der Waals surface area contributed by atoms with E-state index in [1.807, 2.05) is 57.0 Å². The minimum absolute atomic E-state index is 0.0818. The van der Waals surface area contributed by atoms with E-state index in [0.717, 1.165) is 80.1 Å². The molecule has 1 aliphatic carbocycles. The van der Waals surface area contributed by atoms with Gasteiger partial charge in [0.15, 0.2) is 6.29 Å². The van der Waals surface area contributed by atoms with Gasteiger partial charge in [-0.2, -0.15) is 0 Å². The van der Waals surface area contributed by atoms with Gasteiger partial charge in [-0.3, -0.25) is 14.5 Å². The Bertz CT molecular complexity index is 1400. The van der Waals surface area contributed by atoms with Crippen molar-refractivity contribution in [2.45, 2.75) is 63.6 Å². The van der Waals surface area contributed by atoms with Crippen LogP contribution in [-0.2, 0) is 17.9 Å². The molecule has 3 aromatic rings. The van der Waals surface area contributed by atoms with Crippen LogP contribution in [0.25, 0.3) is 10.9 Å². The first kappa shape index (κ1) is 27.2. The van der Waals surface area contributed by atoms with Crippen LogP contribution in [0.5, 0.6) is 0 Å². The van der Waals surface area contributed by atoms with Crippen molar-refractivity contribution in [1.82, 2.24) is 14.4 Å². The van der Waals surface area contributed by atoms with Gasteiger partial charge < -0.3 is 14.8 Å². The summed E-state index contributed by atoms with van der Waals surface area (Å²) in [5.41, 5.74) is 3.45. The highest BCUT2D eigenvalue weighted by atomic mass is 35.5. The third kappa shape index (κ3) is 5.48. The Morgan fingerprint density at radius 2 is 1.80 bits per heavy atom. The van der Waals surface area contributed by atoms with E-state index in [9.17, 15) is 18.4 Å². The lowest BCUT2D eigenvalue weighted by Crippen LogP contribution is -2.61. The zero-order chi connectivity index (χ0) is 27.9. The molecule has 1 saturated carbocycles. The molecule has 1 amide bonds. The molecule has 1 spiro atoms. The number of aromatic nitrogens is 1. The SMILES string of the molecule is O=Cc1c(Cl)cccc1CNc1ccc2ccn(CC(=O)N3CCC4(CCC(N5CC(F)(F)C5)CC4)CC3)c2c1. The number of halogens is 3. The molecule has 0 radical (unpaired) electrons. The second-order valence-electron chi connectivity index (χ2n) is 11.9. The maximum atomic E-state index is 13.3. The second-order valence-corrected chi connectivity index (χ2v) is 12.3. The van der Waals surface area contributed by atoms with Crippen molar-refractivity contribution in [3.63, 3.8) is 0 Å². The fraction of sp³-hybridized carbons (Fsp3) is 0.484. The van der Waals surface area contributed by atoms with Gasteiger partial charge in [0.25, 0.3) is 5.92 Å². The largest absolute Gasteiger partial charge is 0.381 e. The van der Waals surface area contributed by atoms with Gasteiger partial charge in [-0.15, -0.1) is 0 Å². The summed E-state index contributed by atoms with van der Waals surface area (Å²) in [7, 11) is 0. The Labute approximate surface area is 238 Å². The third-order valence-electron chi connectivity index (χ3n) is 9.40. The van der Waals surface area contributed by atoms with Gasteiger partial charge in [0, 0.05) is 43.1 Å². The number of piperidine rings is 1. The topological polar surface area (TPSA) is 57.6 Å². The lowest BCUT2D eigenvalue weighted by atomic mass is 9.66. The summed E-state index contributed by atoms with van der Waals surface area (Å²) in [4.78, 5) is 28.7. The summed E-state index contributed by atoms with van der Waals surface area (Å²) < 4.78 is 28.6. The molecule has 2 aliphatic heterocycles. The van der Waals surface area contributed by atoms with E-state index in [1.54, 1.807) is 6.07 Å². The molecular formula is C31H35ClF2N4O2. The Hall–Kier alpha value is -2.97. The third-order valence-corrected chi connectivity index (χ3v) is 9.73. The van der Waals surface area contributed by atoms with Crippen LogP contribution in [0.4, 0.5) is 14.5 Å². The number of amides is 1. The highest BCUT2D eigenvalue weighted by Gasteiger charge is 2.48. The second kappa shape index (κ2) is 10.8. The molecule has 40 heavy (non-hydrogen) atoms. The molecule has 3 heterocycles. The highest BCUT2D eigenvalue weighted by Crippen LogP contribution is 2.47. The number of nitrogens with zero attached hydrogens (tertiary/aromatic N) is 3. The molecule has 212 valence electrons. The summed E-state index contributed by atoms with van der Waals surface area (Å²) in [5, 5.41) is 4.87. The Balaban J connectivity index is 1.04. The van der Waals surface area contributed by atoms with Crippen molar-refractivity contribution >= 4 is 40.4 Å². The van der Waals surface area contributed by atoms with E-state index < -0.39 is 5.92 Å². The van der Waals surface area contributed by atoms with Crippen molar-refractivity contribution in [3.8, 4) is 0 Å². The number of hydrogen-bond donors (Lipinski definition) is 1. The van der Waals surface area contributed by atoms with Gasteiger partial charge in [-0.25, -0.2) is 8.78 Å². The number of rotatable bonds is 7. The molecule has 2 saturated heterocycles. The Morgan fingerprint density at radius 1 is 1.05 bits per heavy atom. The first-order valence-corrected chi connectivity index (χ1v) is 14.6. The predicted molar refractivity (Wildman–Crippen MR) is 153 cm³/mol.